The Hall–Kier alpha value is -2.30. The number of carbonyl (C=O) groups is 1. The molecular formula is C23H30N4O4S2. The number of benzene rings is 1. The number of amidine groups is 1. The number of furan rings is 1. The van der Waals surface area contributed by atoms with Gasteiger partial charge < -0.3 is 15.1 Å². The summed E-state index contributed by atoms with van der Waals surface area (Å²) in [4.78, 5) is 19.1. The molecule has 4 rings (SSSR count). The van der Waals surface area contributed by atoms with Crippen LogP contribution >= 0.6 is 11.8 Å². The molecule has 2 atom stereocenters. The second kappa shape index (κ2) is 10.3. The number of nitrogens with one attached hydrogen (secondary N) is 2. The molecule has 1 amide bonds. The molecule has 1 aromatic heterocycles. The SMILES string of the molecule is CC(C)N(CCNC(=O)Cc1ccc(NC2=NC3CS(=O)(=O)CC3S2)cc1)Cc1ccco1. The fraction of sp³-hybridized carbons (Fsp3) is 0.478. The Kier molecular flexibility index (Phi) is 7.45. The maximum atomic E-state index is 12.4. The molecule has 1 fully saturated rings. The molecule has 2 aliphatic heterocycles. The second-order valence-corrected chi connectivity index (χ2v) is 12.1. The van der Waals surface area contributed by atoms with Crippen LogP contribution in [0.4, 0.5) is 5.69 Å². The first-order chi connectivity index (χ1) is 15.8. The maximum absolute atomic E-state index is 12.4. The van der Waals surface area contributed by atoms with Crippen molar-refractivity contribution in [3.05, 3.63) is 54.0 Å². The van der Waals surface area contributed by atoms with Gasteiger partial charge in [-0.25, -0.2) is 8.42 Å². The minimum atomic E-state index is -2.95. The number of hydrogen-bond acceptors (Lipinski definition) is 8. The van der Waals surface area contributed by atoms with Crippen LogP contribution in [-0.4, -0.2) is 66.3 Å². The number of aliphatic imine (C=N–C) groups is 1. The van der Waals surface area contributed by atoms with Crippen LogP contribution in [0.5, 0.6) is 0 Å². The Balaban J connectivity index is 1.21. The standard InChI is InChI=1S/C23H30N4O4S2/c1-16(2)27(13-19-4-3-11-31-19)10-9-24-22(28)12-17-5-7-18(8-6-17)25-23-26-20-14-33(29,30)15-21(20)32-23/h3-8,11,16,20-21H,9-10,12-15H2,1-2H3,(H,24,28)(H,25,26). The molecule has 1 aromatic carbocycles. The lowest BCUT2D eigenvalue weighted by Gasteiger charge is -2.25. The van der Waals surface area contributed by atoms with E-state index in [0.29, 0.717) is 19.0 Å². The Morgan fingerprint density at radius 2 is 2.03 bits per heavy atom. The average Bonchev–Trinajstić information content (AvgIpc) is 3.44. The van der Waals surface area contributed by atoms with Gasteiger partial charge in [-0.3, -0.25) is 14.7 Å². The summed E-state index contributed by atoms with van der Waals surface area (Å²) in [5.41, 5.74) is 1.80. The highest BCUT2D eigenvalue weighted by molar-refractivity contribution is 8.15. The first kappa shape index (κ1) is 23.8. The summed E-state index contributed by atoms with van der Waals surface area (Å²) in [7, 11) is -2.95. The number of fused-ring (bicyclic) bond motifs is 1. The maximum Gasteiger partial charge on any atom is 0.224 e. The molecule has 3 heterocycles. The van der Waals surface area contributed by atoms with Crippen molar-refractivity contribution < 1.29 is 17.6 Å². The Morgan fingerprint density at radius 3 is 2.70 bits per heavy atom. The molecule has 2 aliphatic rings. The van der Waals surface area contributed by atoms with Crippen LogP contribution in [0.1, 0.15) is 25.2 Å². The summed E-state index contributed by atoms with van der Waals surface area (Å²) in [6.45, 7) is 6.30. The van der Waals surface area contributed by atoms with Gasteiger partial charge in [-0.2, -0.15) is 0 Å². The van der Waals surface area contributed by atoms with E-state index in [9.17, 15) is 13.2 Å². The molecule has 8 nitrogen and oxygen atoms in total. The van der Waals surface area contributed by atoms with Crippen LogP contribution in [0.2, 0.25) is 0 Å². The van der Waals surface area contributed by atoms with Gasteiger partial charge in [0.2, 0.25) is 5.91 Å². The lowest BCUT2D eigenvalue weighted by atomic mass is 10.1. The Morgan fingerprint density at radius 1 is 1.24 bits per heavy atom. The third-order valence-electron chi connectivity index (χ3n) is 5.78. The van der Waals surface area contributed by atoms with Crippen molar-refractivity contribution >= 4 is 38.4 Å². The molecule has 2 N–H and O–H groups in total. The zero-order valence-corrected chi connectivity index (χ0v) is 20.5. The van der Waals surface area contributed by atoms with Crippen LogP contribution in [0.15, 0.2) is 52.1 Å². The summed E-state index contributed by atoms with van der Waals surface area (Å²) in [6, 6.07) is 11.7. The third kappa shape index (κ3) is 6.61. The zero-order chi connectivity index (χ0) is 23.4. The zero-order valence-electron chi connectivity index (χ0n) is 18.9. The number of anilines is 1. The fourth-order valence-electron chi connectivity index (χ4n) is 3.95. The molecule has 0 radical (unpaired) electrons. The quantitative estimate of drug-likeness (QED) is 0.557. The van der Waals surface area contributed by atoms with Gasteiger partial charge in [0, 0.05) is 30.1 Å². The van der Waals surface area contributed by atoms with E-state index in [-0.39, 0.29) is 28.7 Å². The first-order valence-corrected chi connectivity index (χ1v) is 13.8. The summed E-state index contributed by atoms with van der Waals surface area (Å²) in [5, 5.41) is 7.04. The van der Waals surface area contributed by atoms with E-state index in [1.165, 1.54) is 11.8 Å². The van der Waals surface area contributed by atoms with E-state index in [1.54, 1.807) is 6.26 Å². The lowest BCUT2D eigenvalue weighted by Crippen LogP contribution is -2.38. The number of carbonyl (C=O) groups excluding carboxylic acids is 1. The topological polar surface area (TPSA) is 104 Å². The molecule has 178 valence electrons. The van der Waals surface area contributed by atoms with Gasteiger partial charge in [-0.15, -0.1) is 0 Å². The number of hydrogen-bond donors (Lipinski definition) is 2. The van der Waals surface area contributed by atoms with Crippen molar-refractivity contribution in [2.45, 2.75) is 44.1 Å². The number of nitrogens with zero attached hydrogens (tertiary/aromatic N) is 2. The van der Waals surface area contributed by atoms with Gasteiger partial charge in [-0.05, 0) is 43.7 Å². The highest BCUT2D eigenvalue weighted by Crippen LogP contribution is 2.34. The van der Waals surface area contributed by atoms with E-state index in [1.807, 2.05) is 36.4 Å². The Labute approximate surface area is 199 Å². The van der Waals surface area contributed by atoms with Crippen molar-refractivity contribution in [1.82, 2.24) is 10.2 Å². The molecular weight excluding hydrogens is 460 g/mol. The fourth-order valence-corrected chi connectivity index (χ4v) is 7.63. The van der Waals surface area contributed by atoms with Gasteiger partial charge in [0.05, 0.1) is 36.8 Å². The van der Waals surface area contributed by atoms with Crippen molar-refractivity contribution in [2.75, 3.05) is 29.9 Å². The molecule has 0 saturated carbocycles. The monoisotopic (exact) mass is 490 g/mol. The highest BCUT2D eigenvalue weighted by Gasteiger charge is 2.42. The summed E-state index contributed by atoms with van der Waals surface area (Å²) in [5.74, 6) is 1.24. The van der Waals surface area contributed by atoms with Crippen LogP contribution in [0, 0.1) is 0 Å². The van der Waals surface area contributed by atoms with Gasteiger partial charge in [0.1, 0.15) is 5.76 Å². The van der Waals surface area contributed by atoms with E-state index in [4.69, 9.17) is 4.42 Å². The van der Waals surface area contributed by atoms with E-state index >= 15 is 0 Å². The van der Waals surface area contributed by atoms with Crippen LogP contribution < -0.4 is 10.6 Å². The lowest BCUT2D eigenvalue weighted by molar-refractivity contribution is -0.120. The van der Waals surface area contributed by atoms with Crippen molar-refractivity contribution in [1.29, 1.82) is 0 Å². The highest BCUT2D eigenvalue weighted by atomic mass is 32.2. The summed E-state index contributed by atoms with van der Waals surface area (Å²) < 4.78 is 28.8. The minimum Gasteiger partial charge on any atom is -0.468 e. The molecule has 2 unspecified atom stereocenters. The normalized spacial score (nSPS) is 21.3. The predicted octanol–water partition coefficient (Wildman–Crippen LogP) is 2.53. The number of sulfone groups is 1. The van der Waals surface area contributed by atoms with Crippen molar-refractivity contribution in [2.24, 2.45) is 4.99 Å². The molecule has 1 saturated heterocycles. The number of amides is 1. The van der Waals surface area contributed by atoms with Gasteiger partial charge in [0.15, 0.2) is 15.0 Å². The smallest absolute Gasteiger partial charge is 0.224 e. The summed E-state index contributed by atoms with van der Waals surface area (Å²) >= 11 is 1.49. The summed E-state index contributed by atoms with van der Waals surface area (Å²) in [6.07, 6.45) is 1.99. The van der Waals surface area contributed by atoms with E-state index in [2.05, 4.69) is 34.4 Å². The van der Waals surface area contributed by atoms with E-state index in [0.717, 1.165) is 35.3 Å². The van der Waals surface area contributed by atoms with Crippen molar-refractivity contribution in [3.8, 4) is 0 Å². The molecule has 33 heavy (non-hydrogen) atoms. The minimum absolute atomic E-state index is 0.0119. The largest absolute Gasteiger partial charge is 0.468 e. The second-order valence-electron chi connectivity index (χ2n) is 8.73. The van der Waals surface area contributed by atoms with Crippen LogP contribution in [-0.2, 0) is 27.6 Å². The molecule has 2 aromatic rings. The molecule has 0 spiro atoms. The van der Waals surface area contributed by atoms with Gasteiger partial charge in [0.25, 0.3) is 0 Å². The number of rotatable bonds is 9. The predicted molar refractivity (Wildman–Crippen MR) is 132 cm³/mol. The number of thioether (sulfide) groups is 1. The van der Waals surface area contributed by atoms with Crippen LogP contribution in [0.3, 0.4) is 0 Å². The third-order valence-corrected chi connectivity index (χ3v) is 8.92. The average molecular weight is 491 g/mol. The van der Waals surface area contributed by atoms with Gasteiger partial charge >= 0.3 is 0 Å². The first-order valence-electron chi connectivity index (χ1n) is 11.1. The van der Waals surface area contributed by atoms with Crippen LogP contribution in [0.25, 0.3) is 0 Å². The Bertz CT molecular complexity index is 1080. The van der Waals surface area contributed by atoms with E-state index < -0.39 is 9.84 Å². The molecule has 10 heteroatoms. The molecule has 0 aliphatic carbocycles. The van der Waals surface area contributed by atoms with Gasteiger partial charge in [-0.1, -0.05) is 23.9 Å². The van der Waals surface area contributed by atoms with Crippen molar-refractivity contribution in [3.63, 3.8) is 0 Å². The molecule has 0 bridgehead atoms.